The maximum Gasteiger partial charge on any atom is 0.261 e. The quantitative estimate of drug-likeness (QED) is 0.688. The summed E-state index contributed by atoms with van der Waals surface area (Å²) >= 11 is 0. The van der Waals surface area contributed by atoms with Crippen molar-refractivity contribution in [3.05, 3.63) is 54.1 Å². The van der Waals surface area contributed by atoms with Crippen molar-refractivity contribution in [2.24, 2.45) is 5.92 Å². The zero-order chi connectivity index (χ0) is 20.0. The van der Waals surface area contributed by atoms with E-state index in [2.05, 4.69) is 17.0 Å². The van der Waals surface area contributed by atoms with Crippen molar-refractivity contribution in [3.63, 3.8) is 0 Å². The van der Waals surface area contributed by atoms with Crippen LogP contribution in [-0.2, 0) is 14.8 Å². The van der Waals surface area contributed by atoms with Crippen LogP contribution in [0.5, 0.6) is 0 Å². The van der Waals surface area contributed by atoms with Crippen LogP contribution in [0.1, 0.15) is 33.1 Å². The summed E-state index contributed by atoms with van der Waals surface area (Å²) in [5, 5.41) is 2.76. The summed E-state index contributed by atoms with van der Waals surface area (Å²) in [7, 11) is -4.05. The van der Waals surface area contributed by atoms with Crippen LogP contribution in [0.3, 0.4) is 0 Å². The predicted molar refractivity (Wildman–Crippen MR) is 101 cm³/mol. The minimum atomic E-state index is -4.05. The van der Waals surface area contributed by atoms with Gasteiger partial charge in [-0.05, 0) is 48.4 Å². The van der Waals surface area contributed by atoms with Gasteiger partial charge in [-0.3, -0.25) is 9.52 Å². The summed E-state index contributed by atoms with van der Waals surface area (Å²) in [6.07, 6.45) is 2.40. The van der Waals surface area contributed by atoms with Gasteiger partial charge in [-0.1, -0.05) is 26.7 Å². The third kappa shape index (κ3) is 6.02. The van der Waals surface area contributed by atoms with Gasteiger partial charge in [0.1, 0.15) is 0 Å². The van der Waals surface area contributed by atoms with Crippen LogP contribution >= 0.6 is 0 Å². The van der Waals surface area contributed by atoms with E-state index in [0.29, 0.717) is 18.2 Å². The van der Waals surface area contributed by atoms with E-state index in [1.54, 1.807) is 12.1 Å². The van der Waals surface area contributed by atoms with E-state index in [-0.39, 0.29) is 22.4 Å². The van der Waals surface area contributed by atoms with Gasteiger partial charge < -0.3 is 5.32 Å². The van der Waals surface area contributed by atoms with E-state index in [0.717, 1.165) is 25.0 Å². The molecule has 1 unspecified atom stereocenters. The maximum atomic E-state index is 13.3. The number of sulfonamides is 1. The summed E-state index contributed by atoms with van der Waals surface area (Å²) in [4.78, 5) is 11.6. The van der Waals surface area contributed by atoms with Crippen molar-refractivity contribution >= 4 is 27.3 Å². The van der Waals surface area contributed by atoms with Crippen molar-refractivity contribution in [3.8, 4) is 0 Å². The second kappa shape index (κ2) is 8.94. The first-order chi connectivity index (χ1) is 12.7. The first-order valence-corrected chi connectivity index (χ1v) is 10.1. The lowest BCUT2D eigenvalue weighted by atomic mass is 10.0. The molecule has 0 aromatic heterocycles. The predicted octanol–water partition coefficient (Wildman–Crippen LogP) is 4.53. The van der Waals surface area contributed by atoms with E-state index >= 15 is 0 Å². The zero-order valence-electron chi connectivity index (χ0n) is 15.1. The third-order valence-corrected chi connectivity index (χ3v) is 5.32. The van der Waals surface area contributed by atoms with Gasteiger partial charge in [-0.25, -0.2) is 17.2 Å². The molecule has 0 fully saturated rings. The van der Waals surface area contributed by atoms with E-state index in [1.165, 1.54) is 12.1 Å². The normalized spacial score (nSPS) is 12.4. The highest BCUT2D eigenvalue weighted by atomic mass is 32.2. The number of anilines is 2. The Labute approximate surface area is 157 Å². The molecule has 5 nitrogen and oxygen atoms in total. The number of halogens is 2. The third-order valence-electron chi connectivity index (χ3n) is 3.94. The van der Waals surface area contributed by atoms with Gasteiger partial charge in [0.2, 0.25) is 5.91 Å². The highest BCUT2D eigenvalue weighted by Gasteiger charge is 2.17. The number of nitrogens with one attached hydrogen (secondary N) is 2. The fourth-order valence-electron chi connectivity index (χ4n) is 2.60. The van der Waals surface area contributed by atoms with Crippen molar-refractivity contribution < 1.29 is 22.0 Å². The Morgan fingerprint density at radius 1 is 1.04 bits per heavy atom. The first kappa shape index (κ1) is 20.8. The Bertz CT molecular complexity index is 900. The number of hydrogen-bond donors (Lipinski definition) is 2. The Kier molecular flexibility index (Phi) is 6.90. The minimum absolute atomic E-state index is 0.105. The molecule has 2 aromatic rings. The van der Waals surface area contributed by atoms with Gasteiger partial charge in [0.05, 0.1) is 4.90 Å². The molecule has 8 heteroatoms. The molecule has 1 atom stereocenters. The molecular formula is C19H22F2N2O3S. The molecule has 27 heavy (non-hydrogen) atoms. The average molecular weight is 396 g/mol. The molecule has 0 bridgehead atoms. The summed E-state index contributed by atoms with van der Waals surface area (Å²) in [6, 6.07) is 8.42. The van der Waals surface area contributed by atoms with E-state index in [9.17, 15) is 22.0 Å². The zero-order valence-corrected chi connectivity index (χ0v) is 15.9. The molecule has 146 valence electrons. The number of benzene rings is 2. The van der Waals surface area contributed by atoms with Gasteiger partial charge in [-0.15, -0.1) is 0 Å². The Balaban J connectivity index is 2.02. The van der Waals surface area contributed by atoms with Gasteiger partial charge in [0.25, 0.3) is 10.0 Å². The summed E-state index contributed by atoms with van der Waals surface area (Å²) < 4.78 is 53.0. The van der Waals surface area contributed by atoms with Crippen molar-refractivity contribution in [2.45, 2.75) is 38.0 Å². The van der Waals surface area contributed by atoms with Crippen LogP contribution in [0.15, 0.2) is 47.4 Å². The van der Waals surface area contributed by atoms with Crippen molar-refractivity contribution in [1.29, 1.82) is 0 Å². The molecule has 0 aliphatic rings. The van der Waals surface area contributed by atoms with E-state index in [1.807, 2.05) is 6.92 Å². The molecule has 0 heterocycles. The molecule has 0 saturated carbocycles. The first-order valence-electron chi connectivity index (χ1n) is 8.59. The number of hydrogen-bond acceptors (Lipinski definition) is 3. The van der Waals surface area contributed by atoms with E-state index in [4.69, 9.17) is 0 Å². The fraction of sp³-hybridized carbons (Fsp3) is 0.316. The Morgan fingerprint density at radius 2 is 1.67 bits per heavy atom. The topological polar surface area (TPSA) is 75.3 Å². The van der Waals surface area contributed by atoms with E-state index < -0.39 is 21.7 Å². The van der Waals surface area contributed by atoms with Crippen LogP contribution in [0.4, 0.5) is 20.2 Å². The molecule has 2 rings (SSSR count). The molecule has 0 saturated heterocycles. The highest BCUT2D eigenvalue weighted by molar-refractivity contribution is 7.92. The molecule has 2 N–H and O–H groups in total. The SMILES string of the molecule is CCCC(C)CC(=O)Nc1ccc(NS(=O)(=O)c2ccc(F)c(F)c2)cc1. The number of rotatable bonds is 8. The van der Waals surface area contributed by atoms with Crippen LogP contribution in [0, 0.1) is 17.6 Å². The molecular weight excluding hydrogens is 374 g/mol. The summed E-state index contributed by atoms with van der Waals surface area (Å²) in [6.45, 7) is 4.08. The lowest BCUT2D eigenvalue weighted by Crippen LogP contribution is -2.15. The average Bonchev–Trinajstić information content (AvgIpc) is 2.58. The van der Waals surface area contributed by atoms with Crippen LogP contribution < -0.4 is 10.0 Å². The van der Waals surface area contributed by atoms with Gasteiger partial charge in [-0.2, -0.15) is 0 Å². The summed E-state index contributed by atoms with van der Waals surface area (Å²) in [5.74, 6) is -2.18. The lowest BCUT2D eigenvalue weighted by Gasteiger charge is -2.12. The second-order valence-electron chi connectivity index (χ2n) is 6.40. The van der Waals surface area contributed by atoms with Crippen molar-refractivity contribution in [2.75, 3.05) is 10.0 Å². The number of carbonyl (C=O) groups is 1. The van der Waals surface area contributed by atoms with Gasteiger partial charge in [0.15, 0.2) is 11.6 Å². The molecule has 2 aromatic carbocycles. The molecule has 1 amide bonds. The summed E-state index contributed by atoms with van der Waals surface area (Å²) in [5.41, 5.74) is 0.775. The van der Waals surface area contributed by atoms with Crippen molar-refractivity contribution in [1.82, 2.24) is 0 Å². The molecule has 0 aliphatic carbocycles. The smallest absolute Gasteiger partial charge is 0.261 e. The molecule has 0 spiro atoms. The van der Waals surface area contributed by atoms with Crippen LogP contribution in [0.25, 0.3) is 0 Å². The molecule has 0 aliphatic heterocycles. The van der Waals surface area contributed by atoms with Crippen LogP contribution in [0.2, 0.25) is 0 Å². The minimum Gasteiger partial charge on any atom is -0.326 e. The standard InChI is InChI=1S/C19H22F2N2O3S/c1-3-4-13(2)11-19(24)22-14-5-7-15(8-6-14)23-27(25,26)16-9-10-17(20)18(21)12-16/h5-10,12-13,23H,3-4,11H2,1-2H3,(H,22,24). The highest BCUT2D eigenvalue weighted by Crippen LogP contribution is 2.20. The van der Waals surface area contributed by atoms with Crippen LogP contribution in [-0.4, -0.2) is 14.3 Å². The van der Waals surface area contributed by atoms with Gasteiger partial charge >= 0.3 is 0 Å². The number of carbonyl (C=O) groups excluding carboxylic acids is 1. The Hall–Kier alpha value is -2.48. The van der Waals surface area contributed by atoms with Gasteiger partial charge in [0, 0.05) is 17.8 Å². The Morgan fingerprint density at radius 3 is 2.26 bits per heavy atom. The fourth-order valence-corrected chi connectivity index (χ4v) is 3.67. The maximum absolute atomic E-state index is 13.3. The largest absolute Gasteiger partial charge is 0.326 e. The second-order valence-corrected chi connectivity index (χ2v) is 8.09. The molecule has 0 radical (unpaired) electrons. The lowest BCUT2D eigenvalue weighted by molar-refractivity contribution is -0.117. The number of amides is 1. The monoisotopic (exact) mass is 396 g/mol.